The van der Waals surface area contributed by atoms with Gasteiger partial charge >= 0.3 is 0 Å². The summed E-state index contributed by atoms with van der Waals surface area (Å²) >= 11 is 0. The average molecular weight is 265 g/mol. The minimum Gasteiger partial charge on any atom is -0.393 e. The molecule has 1 aliphatic rings. The number of anilines is 2. The van der Waals surface area contributed by atoms with E-state index in [0.717, 1.165) is 50.2 Å². The zero-order chi connectivity index (χ0) is 13.7. The highest BCUT2D eigenvalue weighted by Gasteiger charge is 2.19. The normalized spacial score (nSPS) is 23.1. The average Bonchev–Trinajstić information content (AvgIpc) is 2.41. The van der Waals surface area contributed by atoms with Crippen LogP contribution >= 0.6 is 0 Å². The van der Waals surface area contributed by atoms with Crippen LogP contribution in [0.4, 0.5) is 11.6 Å². The van der Waals surface area contributed by atoms with Crippen LogP contribution in [0.1, 0.15) is 44.9 Å². The zero-order valence-electron chi connectivity index (χ0n) is 11.4. The summed E-state index contributed by atoms with van der Waals surface area (Å²) in [5.41, 5.74) is 2.58. The number of aliphatic hydroxyl groups is 1. The molecule has 0 bridgehead atoms. The second-order valence-corrected chi connectivity index (χ2v) is 5.10. The molecular formula is C13H23N5O. The summed E-state index contributed by atoms with van der Waals surface area (Å²) in [6, 6.07) is 2.20. The molecule has 106 valence electrons. The van der Waals surface area contributed by atoms with Gasteiger partial charge in [0.2, 0.25) is 0 Å². The molecule has 1 saturated carbocycles. The Balaban J connectivity index is 2.04. The van der Waals surface area contributed by atoms with Crippen LogP contribution in [0, 0.1) is 0 Å². The van der Waals surface area contributed by atoms with Crippen molar-refractivity contribution in [1.82, 2.24) is 9.97 Å². The molecule has 6 heteroatoms. The number of nitrogens with one attached hydrogen (secondary N) is 2. The number of aromatic nitrogens is 2. The van der Waals surface area contributed by atoms with E-state index in [-0.39, 0.29) is 6.10 Å². The zero-order valence-corrected chi connectivity index (χ0v) is 11.4. The molecule has 1 fully saturated rings. The highest BCUT2D eigenvalue weighted by molar-refractivity contribution is 5.47. The van der Waals surface area contributed by atoms with Gasteiger partial charge in [0, 0.05) is 18.5 Å². The van der Waals surface area contributed by atoms with Gasteiger partial charge in [-0.1, -0.05) is 6.92 Å². The number of aryl methyl sites for hydroxylation is 1. The Morgan fingerprint density at radius 3 is 2.58 bits per heavy atom. The second-order valence-electron chi connectivity index (χ2n) is 5.10. The number of rotatable bonds is 5. The molecule has 0 amide bonds. The summed E-state index contributed by atoms with van der Waals surface area (Å²) in [7, 11) is 0. The van der Waals surface area contributed by atoms with Gasteiger partial charge in [0.05, 0.1) is 6.10 Å². The molecule has 1 heterocycles. The van der Waals surface area contributed by atoms with E-state index in [9.17, 15) is 5.11 Å². The van der Waals surface area contributed by atoms with Crippen molar-refractivity contribution in [2.45, 2.75) is 57.6 Å². The van der Waals surface area contributed by atoms with E-state index in [1.807, 2.05) is 6.07 Å². The van der Waals surface area contributed by atoms with E-state index >= 15 is 0 Å². The Kier molecular flexibility index (Phi) is 4.93. The fraction of sp³-hybridized carbons (Fsp3) is 0.692. The van der Waals surface area contributed by atoms with Gasteiger partial charge in [-0.15, -0.1) is 0 Å². The Morgan fingerprint density at radius 2 is 1.95 bits per heavy atom. The molecule has 0 saturated heterocycles. The molecule has 19 heavy (non-hydrogen) atoms. The van der Waals surface area contributed by atoms with Crippen molar-refractivity contribution in [3.8, 4) is 0 Å². The fourth-order valence-electron chi connectivity index (χ4n) is 2.41. The number of hydrogen-bond acceptors (Lipinski definition) is 6. The lowest BCUT2D eigenvalue weighted by molar-refractivity contribution is 0.126. The first-order valence-corrected chi connectivity index (χ1v) is 7.00. The SMILES string of the molecule is CCCc1nc(NN)cc(NC2CCC(O)CC2)n1. The van der Waals surface area contributed by atoms with Gasteiger partial charge in [-0.05, 0) is 32.1 Å². The number of aliphatic hydroxyl groups excluding tert-OH is 1. The van der Waals surface area contributed by atoms with E-state index < -0.39 is 0 Å². The van der Waals surface area contributed by atoms with Crippen molar-refractivity contribution in [1.29, 1.82) is 0 Å². The minimum absolute atomic E-state index is 0.139. The van der Waals surface area contributed by atoms with Crippen LogP contribution in [0.5, 0.6) is 0 Å². The van der Waals surface area contributed by atoms with Crippen LogP contribution < -0.4 is 16.6 Å². The quantitative estimate of drug-likeness (QED) is 0.475. The fourth-order valence-corrected chi connectivity index (χ4v) is 2.41. The standard InChI is InChI=1S/C13H23N5O/c1-2-3-11-16-12(8-13(17-11)18-14)15-9-4-6-10(19)7-5-9/h8-10,19H,2-7,14H2,1H3,(H2,15,16,17,18). The van der Waals surface area contributed by atoms with Crippen LogP contribution in [0.3, 0.4) is 0 Å². The van der Waals surface area contributed by atoms with E-state index in [4.69, 9.17) is 5.84 Å². The van der Waals surface area contributed by atoms with Gasteiger partial charge in [0.15, 0.2) is 0 Å². The number of nitrogens with zero attached hydrogens (tertiary/aromatic N) is 2. The van der Waals surface area contributed by atoms with Crippen molar-refractivity contribution in [3.63, 3.8) is 0 Å². The van der Waals surface area contributed by atoms with Crippen LogP contribution in [-0.2, 0) is 6.42 Å². The number of nitrogen functional groups attached to an aromatic ring is 1. The molecule has 6 nitrogen and oxygen atoms in total. The topological polar surface area (TPSA) is 96.1 Å². The van der Waals surface area contributed by atoms with Crippen molar-refractivity contribution >= 4 is 11.6 Å². The molecule has 1 aromatic rings. The van der Waals surface area contributed by atoms with Gasteiger partial charge in [0.25, 0.3) is 0 Å². The predicted molar refractivity (Wildman–Crippen MR) is 75.7 cm³/mol. The van der Waals surface area contributed by atoms with Crippen LogP contribution in [0.2, 0.25) is 0 Å². The third-order valence-electron chi connectivity index (χ3n) is 3.44. The number of hydrogen-bond donors (Lipinski definition) is 4. The summed E-state index contributed by atoms with van der Waals surface area (Å²) in [6.45, 7) is 2.10. The van der Waals surface area contributed by atoms with Crippen LogP contribution in [-0.4, -0.2) is 27.2 Å². The van der Waals surface area contributed by atoms with Gasteiger partial charge in [-0.25, -0.2) is 15.8 Å². The second kappa shape index (κ2) is 6.68. The third kappa shape index (κ3) is 4.04. The van der Waals surface area contributed by atoms with E-state index in [2.05, 4.69) is 27.6 Å². The van der Waals surface area contributed by atoms with Gasteiger partial charge in [0.1, 0.15) is 17.5 Å². The molecular weight excluding hydrogens is 242 g/mol. The molecule has 0 radical (unpaired) electrons. The maximum Gasteiger partial charge on any atom is 0.145 e. The summed E-state index contributed by atoms with van der Waals surface area (Å²) in [4.78, 5) is 8.82. The Labute approximate surface area is 113 Å². The highest BCUT2D eigenvalue weighted by atomic mass is 16.3. The van der Waals surface area contributed by atoms with Gasteiger partial charge < -0.3 is 15.8 Å². The Hall–Kier alpha value is -1.40. The maximum atomic E-state index is 9.51. The maximum absolute atomic E-state index is 9.51. The van der Waals surface area contributed by atoms with Crippen molar-refractivity contribution in [3.05, 3.63) is 11.9 Å². The number of hydrazine groups is 1. The molecule has 0 spiro atoms. The first kappa shape index (κ1) is 14.0. The van der Waals surface area contributed by atoms with Gasteiger partial charge in [-0.2, -0.15) is 0 Å². The van der Waals surface area contributed by atoms with Crippen molar-refractivity contribution in [2.24, 2.45) is 5.84 Å². The van der Waals surface area contributed by atoms with E-state index in [1.54, 1.807) is 0 Å². The molecule has 5 N–H and O–H groups in total. The largest absolute Gasteiger partial charge is 0.393 e. The van der Waals surface area contributed by atoms with Crippen LogP contribution in [0.25, 0.3) is 0 Å². The molecule has 0 unspecified atom stereocenters. The van der Waals surface area contributed by atoms with Gasteiger partial charge in [-0.3, -0.25) is 0 Å². The summed E-state index contributed by atoms with van der Waals surface area (Å²) < 4.78 is 0. The lowest BCUT2D eigenvalue weighted by Gasteiger charge is -2.26. The molecule has 0 aliphatic heterocycles. The third-order valence-corrected chi connectivity index (χ3v) is 3.44. The highest BCUT2D eigenvalue weighted by Crippen LogP contribution is 2.22. The Morgan fingerprint density at radius 1 is 1.26 bits per heavy atom. The van der Waals surface area contributed by atoms with Crippen molar-refractivity contribution in [2.75, 3.05) is 10.7 Å². The molecule has 1 aliphatic carbocycles. The Bertz CT molecular complexity index is 404. The first-order valence-electron chi connectivity index (χ1n) is 7.00. The predicted octanol–water partition coefficient (Wildman–Crippen LogP) is 1.43. The van der Waals surface area contributed by atoms with Crippen LogP contribution in [0.15, 0.2) is 6.07 Å². The van der Waals surface area contributed by atoms with E-state index in [0.29, 0.717) is 11.9 Å². The number of nitrogens with two attached hydrogens (primary N) is 1. The smallest absolute Gasteiger partial charge is 0.145 e. The molecule has 0 atom stereocenters. The monoisotopic (exact) mass is 265 g/mol. The molecule has 1 aromatic heterocycles. The lowest BCUT2D eigenvalue weighted by atomic mass is 9.93. The molecule has 0 aromatic carbocycles. The van der Waals surface area contributed by atoms with E-state index in [1.165, 1.54) is 0 Å². The summed E-state index contributed by atoms with van der Waals surface area (Å²) in [6.07, 6.45) is 5.36. The lowest BCUT2D eigenvalue weighted by Crippen LogP contribution is -2.28. The minimum atomic E-state index is -0.139. The summed E-state index contributed by atoms with van der Waals surface area (Å²) in [5.74, 6) is 7.68. The first-order chi connectivity index (χ1) is 9.21. The molecule has 2 rings (SSSR count). The summed E-state index contributed by atoms with van der Waals surface area (Å²) in [5, 5.41) is 12.9. The van der Waals surface area contributed by atoms with Crippen molar-refractivity contribution < 1.29 is 5.11 Å².